The molecular weight excluding hydrogens is 281 g/mol. The first-order chi connectivity index (χ1) is 10.7. The lowest BCUT2D eigenvalue weighted by Gasteiger charge is -2.44. The summed E-state index contributed by atoms with van der Waals surface area (Å²) in [4.78, 5) is 14.7. The summed E-state index contributed by atoms with van der Waals surface area (Å²) >= 11 is 0. The number of rotatable bonds is 3. The average molecular weight is 301 g/mol. The number of aromatic nitrogens is 2. The number of H-pyrrole nitrogens is 1. The predicted molar refractivity (Wildman–Crippen MR) is 83.1 cm³/mol. The van der Waals surface area contributed by atoms with Crippen LogP contribution < -0.4 is 5.56 Å². The quantitative estimate of drug-likeness (QED) is 0.945. The van der Waals surface area contributed by atoms with E-state index in [1.54, 1.807) is 12.1 Å². The number of aromatic amines is 1. The van der Waals surface area contributed by atoms with Gasteiger partial charge in [-0.1, -0.05) is 12.1 Å². The number of halogens is 1. The van der Waals surface area contributed by atoms with Crippen molar-refractivity contribution in [2.75, 3.05) is 19.6 Å². The molecule has 1 unspecified atom stereocenters. The molecule has 4 heterocycles. The normalized spacial score (nSPS) is 27.2. The molecule has 116 valence electrons. The van der Waals surface area contributed by atoms with Gasteiger partial charge < -0.3 is 4.90 Å². The fourth-order valence-electron chi connectivity index (χ4n) is 3.94. The molecular formula is C17H20FN3O. The zero-order valence-electron chi connectivity index (χ0n) is 12.5. The Balaban J connectivity index is 1.57. The average Bonchev–Trinajstić information content (AvgIpc) is 2.89. The maximum atomic E-state index is 13.3. The summed E-state index contributed by atoms with van der Waals surface area (Å²) in [5.41, 5.74) is 1.03. The molecule has 2 bridgehead atoms. The van der Waals surface area contributed by atoms with Gasteiger partial charge in [0.15, 0.2) is 0 Å². The van der Waals surface area contributed by atoms with Crippen LogP contribution in [0.2, 0.25) is 0 Å². The Morgan fingerprint density at radius 1 is 1.27 bits per heavy atom. The van der Waals surface area contributed by atoms with Crippen molar-refractivity contribution in [1.82, 2.24) is 14.7 Å². The molecule has 0 saturated carbocycles. The minimum Gasteiger partial charge on any atom is -0.303 e. The van der Waals surface area contributed by atoms with E-state index < -0.39 is 0 Å². The first kappa shape index (κ1) is 13.8. The molecule has 0 spiro atoms. The highest BCUT2D eigenvalue weighted by Gasteiger charge is 2.34. The molecule has 0 aliphatic carbocycles. The van der Waals surface area contributed by atoms with Crippen molar-refractivity contribution >= 4 is 0 Å². The minimum absolute atomic E-state index is 0.146. The Bertz CT molecular complexity index is 728. The van der Waals surface area contributed by atoms with Crippen molar-refractivity contribution in [3.63, 3.8) is 0 Å². The summed E-state index contributed by atoms with van der Waals surface area (Å²) in [6.45, 7) is 4.40. The van der Waals surface area contributed by atoms with Gasteiger partial charge in [-0.15, -0.1) is 0 Å². The van der Waals surface area contributed by atoms with Crippen molar-refractivity contribution < 1.29 is 4.39 Å². The van der Waals surface area contributed by atoms with E-state index in [1.807, 2.05) is 10.9 Å². The van der Waals surface area contributed by atoms with Crippen LogP contribution in [0.3, 0.4) is 0 Å². The molecule has 3 aliphatic heterocycles. The highest BCUT2D eigenvalue weighted by Crippen LogP contribution is 2.33. The number of piperidine rings is 3. The van der Waals surface area contributed by atoms with E-state index in [0.29, 0.717) is 17.0 Å². The smallest absolute Gasteiger partial charge is 0.271 e. The Kier molecular flexibility index (Phi) is 3.37. The predicted octanol–water partition coefficient (Wildman–Crippen LogP) is 2.32. The molecule has 4 nitrogen and oxygen atoms in total. The van der Waals surface area contributed by atoms with E-state index in [-0.39, 0.29) is 11.4 Å². The first-order valence-corrected chi connectivity index (χ1v) is 7.97. The lowest BCUT2D eigenvalue weighted by atomic mass is 9.79. The van der Waals surface area contributed by atoms with Crippen molar-refractivity contribution in [3.8, 4) is 11.1 Å². The van der Waals surface area contributed by atoms with Crippen LogP contribution in [0.1, 0.15) is 12.8 Å². The third-order valence-corrected chi connectivity index (χ3v) is 5.13. The van der Waals surface area contributed by atoms with Gasteiger partial charge in [0.2, 0.25) is 0 Å². The molecule has 2 aromatic rings. The third kappa shape index (κ3) is 2.50. The molecule has 22 heavy (non-hydrogen) atoms. The van der Waals surface area contributed by atoms with Crippen LogP contribution in [-0.4, -0.2) is 34.3 Å². The Hall–Kier alpha value is -1.88. The maximum absolute atomic E-state index is 13.3. The highest BCUT2D eigenvalue weighted by molar-refractivity contribution is 5.61. The molecule has 1 N–H and O–H groups in total. The zero-order chi connectivity index (χ0) is 15.1. The van der Waals surface area contributed by atoms with Gasteiger partial charge in [0.05, 0.1) is 5.56 Å². The van der Waals surface area contributed by atoms with Gasteiger partial charge >= 0.3 is 0 Å². The fourth-order valence-corrected chi connectivity index (χ4v) is 3.94. The van der Waals surface area contributed by atoms with Crippen LogP contribution >= 0.6 is 0 Å². The lowest BCUT2D eigenvalue weighted by molar-refractivity contribution is 0.0404. The minimum atomic E-state index is -0.318. The summed E-state index contributed by atoms with van der Waals surface area (Å²) in [5, 5.41) is 2.89. The number of nitrogens with zero attached hydrogens (tertiary/aromatic N) is 2. The van der Waals surface area contributed by atoms with E-state index in [9.17, 15) is 9.18 Å². The van der Waals surface area contributed by atoms with E-state index in [2.05, 4.69) is 10.00 Å². The van der Waals surface area contributed by atoms with Gasteiger partial charge in [-0.3, -0.25) is 14.6 Å². The van der Waals surface area contributed by atoms with Crippen LogP contribution in [0.5, 0.6) is 0 Å². The lowest BCUT2D eigenvalue weighted by Crippen LogP contribution is -2.48. The summed E-state index contributed by atoms with van der Waals surface area (Å²) in [6, 6.07) is 6.20. The van der Waals surface area contributed by atoms with Gasteiger partial charge in [-0.25, -0.2) is 4.39 Å². The van der Waals surface area contributed by atoms with Crippen molar-refractivity contribution in [2.24, 2.45) is 11.8 Å². The Morgan fingerprint density at radius 2 is 2.09 bits per heavy atom. The SMILES string of the molecule is O=c1[nH]n(CC2CN3CCC2CC3)cc1-c1cccc(F)c1. The summed E-state index contributed by atoms with van der Waals surface area (Å²) in [5.74, 6) is 1.06. The van der Waals surface area contributed by atoms with Crippen LogP contribution in [-0.2, 0) is 6.54 Å². The largest absolute Gasteiger partial charge is 0.303 e. The van der Waals surface area contributed by atoms with Crippen LogP contribution in [0.25, 0.3) is 11.1 Å². The Morgan fingerprint density at radius 3 is 2.77 bits per heavy atom. The second-order valence-corrected chi connectivity index (χ2v) is 6.54. The molecule has 5 heteroatoms. The van der Waals surface area contributed by atoms with E-state index in [0.717, 1.165) is 19.0 Å². The van der Waals surface area contributed by atoms with Crippen molar-refractivity contribution in [1.29, 1.82) is 0 Å². The molecule has 5 rings (SSSR count). The van der Waals surface area contributed by atoms with Crippen LogP contribution in [0, 0.1) is 17.7 Å². The standard InChI is InChI=1S/C17H20FN3O/c18-15-3-1-2-13(8-15)16-11-21(19-17(16)22)10-14-9-20-6-4-12(14)5-7-20/h1-3,8,11-12,14H,4-7,9-10H2,(H,19,22). The number of hydrogen-bond donors (Lipinski definition) is 1. The number of benzene rings is 1. The topological polar surface area (TPSA) is 41.0 Å². The van der Waals surface area contributed by atoms with Gasteiger partial charge in [-0.05, 0) is 55.5 Å². The summed E-state index contributed by atoms with van der Waals surface area (Å²) in [6.07, 6.45) is 4.37. The van der Waals surface area contributed by atoms with E-state index in [1.165, 1.54) is 38.1 Å². The third-order valence-electron chi connectivity index (χ3n) is 5.13. The molecule has 3 fully saturated rings. The second-order valence-electron chi connectivity index (χ2n) is 6.54. The van der Waals surface area contributed by atoms with Crippen LogP contribution in [0.15, 0.2) is 35.3 Å². The fraction of sp³-hybridized carbons (Fsp3) is 0.471. The molecule has 3 aliphatic rings. The number of fused-ring (bicyclic) bond motifs is 3. The molecule has 1 atom stereocenters. The first-order valence-electron chi connectivity index (χ1n) is 7.97. The van der Waals surface area contributed by atoms with Gasteiger partial charge in [0, 0.05) is 19.3 Å². The monoisotopic (exact) mass is 301 g/mol. The van der Waals surface area contributed by atoms with Gasteiger partial charge in [0.25, 0.3) is 5.56 Å². The highest BCUT2D eigenvalue weighted by atomic mass is 19.1. The summed E-state index contributed by atoms with van der Waals surface area (Å²) in [7, 11) is 0. The van der Waals surface area contributed by atoms with Gasteiger partial charge in [0.1, 0.15) is 5.82 Å². The number of nitrogens with one attached hydrogen (secondary N) is 1. The zero-order valence-corrected chi connectivity index (χ0v) is 12.5. The Labute approximate surface area is 128 Å². The van der Waals surface area contributed by atoms with Gasteiger partial charge in [-0.2, -0.15) is 0 Å². The second kappa shape index (κ2) is 5.39. The molecule has 0 amide bonds. The molecule has 1 aromatic heterocycles. The summed E-state index contributed by atoms with van der Waals surface area (Å²) < 4.78 is 15.2. The van der Waals surface area contributed by atoms with E-state index in [4.69, 9.17) is 0 Å². The number of hydrogen-bond acceptors (Lipinski definition) is 2. The van der Waals surface area contributed by atoms with Crippen molar-refractivity contribution in [3.05, 3.63) is 46.6 Å². The molecule has 0 radical (unpaired) electrons. The molecule has 1 aromatic carbocycles. The molecule has 3 saturated heterocycles. The van der Waals surface area contributed by atoms with E-state index >= 15 is 0 Å². The maximum Gasteiger partial charge on any atom is 0.271 e. The van der Waals surface area contributed by atoms with Crippen molar-refractivity contribution in [2.45, 2.75) is 19.4 Å². The van der Waals surface area contributed by atoms with Crippen LogP contribution in [0.4, 0.5) is 4.39 Å².